The van der Waals surface area contributed by atoms with Crippen molar-refractivity contribution in [3.05, 3.63) is 245 Å². The summed E-state index contributed by atoms with van der Waals surface area (Å²) in [5.74, 6) is 2.14. The molecule has 0 saturated carbocycles. The van der Waals surface area contributed by atoms with Gasteiger partial charge in [-0.25, -0.2) is 0 Å². The highest BCUT2D eigenvalue weighted by Crippen LogP contribution is 2.48. The number of rotatable bonds is 5. The molecule has 7 aromatic carbocycles. The molecule has 1 atom stereocenters. The van der Waals surface area contributed by atoms with Crippen molar-refractivity contribution in [1.29, 1.82) is 0 Å². The summed E-state index contributed by atoms with van der Waals surface area (Å²) in [5.41, 5.74) is 19.8. The molecule has 1 unspecified atom stereocenters. The van der Waals surface area contributed by atoms with Crippen molar-refractivity contribution in [3.8, 4) is 33.4 Å². The van der Waals surface area contributed by atoms with E-state index >= 15 is 0 Å². The lowest BCUT2D eigenvalue weighted by Gasteiger charge is -2.17. The second-order valence-corrected chi connectivity index (χ2v) is 15.5. The molecule has 7 aromatic rings. The minimum Gasteiger partial charge on any atom is -0.0910 e. The second-order valence-electron chi connectivity index (χ2n) is 15.5. The lowest BCUT2D eigenvalue weighted by Crippen LogP contribution is -2.14. The summed E-state index contributed by atoms with van der Waals surface area (Å²) in [4.78, 5) is 0. The highest BCUT2D eigenvalue weighted by Gasteiger charge is 2.33. The van der Waals surface area contributed by atoms with E-state index in [-0.39, 0.29) is 0 Å². The molecule has 0 fully saturated rings. The maximum atomic E-state index is 2.51. The van der Waals surface area contributed by atoms with E-state index in [1.165, 1.54) is 77.9 Å². The Balaban J connectivity index is 0.000000107. The highest BCUT2D eigenvalue weighted by molar-refractivity contribution is 6.44. The molecule has 5 aliphatic carbocycles. The number of allylic oxidation sites excluding steroid dienone is 5. The van der Waals surface area contributed by atoms with Gasteiger partial charge in [0.2, 0.25) is 0 Å². The fourth-order valence-corrected chi connectivity index (χ4v) is 9.81. The van der Waals surface area contributed by atoms with Crippen LogP contribution in [0.1, 0.15) is 67.8 Å². The molecule has 0 bridgehead atoms. The number of hydrogen-bond donors (Lipinski definition) is 0. The quantitative estimate of drug-likeness (QED) is 0.155. The van der Waals surface area contributed by atoms with E-state index in [2.05, 4.69) is 235 Å². The fraction of sp³-hybridized carbons (Fsp3) is 0.111. The minimum atomic E-state index is 0.378. The van der Waals surface area contributed by atoms with Crippen LogP contribution in [0, 0.1) is 0 Å². The Morgan fingerprint density at radius 3 is 1.07 bits per heavy atom. The average molecular weight is 723 g/mol. The molecule has 0 amide bonds. The first-order valence-electron chi connectivity index (χ1n) is 20.4. The number of benzene rings is 7. The normalized spacial score (nSPS) is 16.2. The van der Waals surface area contributed by atoms with Gasteiger partial charge in [-0.1, -0.05) is 213 Å². The van der Waals surface area contributed by atoms with E-state index in [0.717, 1.165) is 0 Å². The highest BCUT2D eigenvalue weighted by atomic mass is 14.3. The topological polar surface area (TPSA) is 0 Å². The van der Waals surface area contributed by atoms with Crippen LogP contribution in [0.5, 0.6) is 0 Å². The Labute approximate surface area is 340 Å². The molecule has 0 aromatic heterocycles. The van der Waals surface area contributed by atoms with E-state index < -0.39 is 0 Å². The van der Waals surface area contributed by atoms with Crippen molar-refractivity contribution < 1.29 is 0 Å². The molecule has 3 heteroatoms. The zero-order valence-corrected chi connectivity index (χ0v) is 32.2. The van der Waals surface area contributed by atoms with Gasteiger partial charge in [0, 0.05) is 0 Å². The largest absolute Gasteiger partial charge is 0.140 e. The van der Waals surface area contributed by atoms with Crippen molar-refractivity contribution in [1.82, 2.24) is 0 Å². The van der Waals surface area contributed by atoms with Crippen molar-refractivity contribution >= 4 is 27.9 Å². The van der Waals surface area contributed by atoms with Crippen LogP contribution in [-0.4, -0.2) is 21.8 Å². The van der Waals surface area contributed by atoms with Crippen LogP contribution in [0.2, 0.25) is 12.6 Å². The van der Waals surface area contributed by atoms with Gasteiger partial charge in [0.25, 0.3) is 0 Å². The first kappa shape index (κ1) is 35.4. The van der Waals surface area contributed by atoms with Crippen LogP contribution in [-0.2, 0) is 0 Å². The SMILES string of the molecule is C[B]C1c2ccccc2-c2ccccc21.[B](C1C=CC=C1)C1c2ccccc2-c2ccccc21.[B](C1C=Cc2ccccc21)C1c2ccccc2-c2ccccc21. The van der Waals surface area contributed by atoms with Crippen molar-refractivity contribution in [3.63, 3.8) is 0 Å². The molecule has 0 N–H and O–H groups in total. The third-order valence-electron chi connectivity index (χ3n) is 12.4. The van der Waals surface area contributed by atoms with E-state index in [1.54, 1.807) is 0 Å². The summed E-state index contributed by atoms with van der Waals surface area (Å²) in [6, 6.07) is 61.3. The Hall–Kier alpha value is -6.05. The number of fused-ring (bicyclic) bond motifs is 10. The van der Waals surface area contributed by atoms with Gasteiger partial charge >= 0.3 is 0 Å². The van der Waals surface area contributed by atoms with Gasteiger partial charge in [-0.3, -0.25) is 0 Å². The van der Waals surface area contributed by atoms with Crippen LogP contribution >= 0.6 is 0 Å². The zero-order chi connectivity index (χ0) is 38.1. The standard InChI is InChI=1S/C22H16B.C18H14B.C14H12B/c1-2-8-16-15(7-1)13-14-21(16)23-22-19-11-5-3-9-17(19)18-10-4-6-12-20(18)22;1-2-8-13(7-1)19-18-16-11-5-3-9-14(16)15-10-4-6-12-17(15)18;1-15-14-12-8-4-2-6-10(12)11-7-3-5-9-13(11)14/h1-14,21-22H;1-13,18H;2-9,14H,1H3. The van der Waals surface area contributed by atoms with Gasteiger partial charge in [-0.2, -0.15) is 0 Å². The van der Waals surface area contributed by atoms with Crippen molar-refractivity contribution in [2.24, 2.45) is 0 Å². The van der Waals surface area contributed by atoms with Gasteiger partial charge in [0.05, 0.1) is 0 Å². The summed E-state index contributed by atoms with van der Waals surface area (Å²) < 4.78 is 0. The monoisotopic (exact) mass is 723 g/mol. The molecule has 0 nitrogen and oxygen atoms in total. The smallest absolute Gasteiger partial charge is 0.0910 e. The Morgan fingerprint density at radius 2 is 0.667 bits per heavy atom. The molecule has 0 saturated heterocycles. The van der Waals surface area contributed by atoms with Crippen LogP contribution in [0.4, 0.5) is 0 Å². The Kier molecular flexibility index (Phi) is 9.60. The number of hydrogen-bond acceptors (Lipinski definition) is 0. The average Bonchev–Trinajstić information content (AvgIpc) is 4.12. The van der Waals surface area contributed by atoms with Gasteiger partial charge < -0.3 is 0 Å². The van der Waals surface area contributed by atoms with Crippen LogP contribution in [0.3, 0.4) is 0 Å². The van der Waals surface area contributed by atoms with E-state index in [4.69, 9.17) is 0 Å². The third-order valence-corrected chi connectivity index (χ3v) is 12.4. The van der Waals surface area contributed by atoms with E-state index in [9.17, 15) is 0 Å². The molecule has 57 heavy (non-hydrogen) atoms. The van der Waals surface area contributed by atoms with Crippen LogP contribution in [0.15, 0.2) is 200 Å². The van der Waals surface area contributed by atoms with Gasteiger partial charge in [-0.05, 0) is 107 Å². The lowest BCUT2D eigenvalue weighted by atomic mass is 9.51. The summed E-state index contributed by atoms with van der Waals surface area (Å²) in [6.45, 7) is 2.14. The summed E-state index contributed by atoms with van der Waals surface area (Å²) in [7, 11) is 7.24. The maximum absolute atomic E-state index is 2.51. The summed E-state index contributed by atoms with van der Waals surface area (Å²) >= 11 is 0. The molecule has 0 aliphatic heterocycles. The van der Waals surface area contributed by atoms with Gasteiger partial charge in [0.1, 0.15) is 21.8 Å². The van der Waals surface area contributed by atoms with Gasteiger partial charge in [0.15, 0.2) is 0 Å². The molecule has 267 valence electrons. The third kappa shape index (κ3) is 6.50. The van der Waals surface area contributed by atoms with E-state index in [0.29, 0.717) is 29.1 Å². The maximum Gasteiger partial charge on any atom is 0.140 e. The Morgan fingerprint density at radius 1 is 0.333 bits per heavy atom. The molecular formula is C54H42B3. The van der Waals surface area contributed by atoms with Crippen LogP contribution < -0.4 is 0 Å². The second kappa shape index (κ2) is 15.5. The molecule has 12 rings (SSSR count). The first-order chi connectivity index (χ1) is 28.3. The molecule has 5 aliphatic rings. The minimum absolute atomic E-state index is 0.378. The van der Waals surface area contributed by atoms with Crippen LogP contribution in [0.25, 0.3) is 39.5 Å². The Bertz CT molecular complexity index is 2530. The molecule has 3 radical (unpaired) electrons. The van der Waals surface area contributed by atoms with Crippen molar-refractivity contribution in [2.75, 3.05) is 0 Å². The summed E-state index contributed by atoms with van der Waals surface area (Å²) in [6.07, 6.45) is 13.4. The van der Waals surface area contributed by atoms with E-state index in [1.807, 2.05) is 0 Å². The first-order valence-corrected chi connectivity index (χ1v) is 20.4. The molecule has 0 spiro atoms. The van der Waals surface area contributed by atoms with Crippen molar-refractivity contribution in [2.45, 2.75) is 35.9 Å². The zero-order valence-electron chi connectivity index (χ0n) is 32.2. The molecule has 0 heterocycles. The predicted molar refractivity (Wildman–Crippen MR) is 245 cm³/mol. The van der Waals surface area contributed by atoms with Gasteiger partial charge in [-0.15, -0.1) is 0 Å². The predicted octanol–water partition coefficient (Wildman–Crippen LogP) is 13.1. The lowest BCUT2D eigenvalue weighted by molar-refractivity contribution is 1.11. The molecular weight excluding hydrogens is 681 g/mol. The summed E-state index contributed by atoms with van der Waals surface area (Å²) in [5, 5.41) is 0. The fourth-order valence-electron chi connectivity index (χ4n) is 9.81.